The summed E-state index contributed by atoms with van der Waals surface area (Å²) in [5.74, 6) is 3.01. The third kappa shape index (κ3) is 6.49. The van der Waals surface area contributed by atoms with Crippen molar-refractivity contribution in [3.63, 3.8) is 0 Å². The summed E-state index contributed by atoms with van der Waals surface area (Å²) in [4.78, 5) is 0. The molecule has 206 valence electrons. The minimum atomic E-state index is 0.0568. The zero-order valence-electron chi connectivity index (χ0n) is 23.5. The highest BCUT2D eigenvalue weighted by Crippen LogP contribution is 2.37. The fourth-order valence-electron chi connectivity index (χ4n) is 5.06. The van der Waals surface area contributed by atoms with Gasteiger partial charge in [-0.25, -0.2) is 0 Å². The first-order valence-electron chi connectivity index (χ1n) is 13.8. The molecule has 0 amide bonds. The lowest BCUT2D eigenvalue weighted by Crippen LogP contribution is -2.28. The number of hydrogen-bond donors (Lipinski definition) is 1. The van der Waals surface area contributed by atoms with Crippen LogP contribution in [0.3, 0.4) is 0 Å². The quantitative estimate of drug-likeness (QED) is 0.218. The van der Waals surface area contributed by atoms with Crippen LogP contribution in [0.5, 0.6) is 23.0 Å². The first kappa shape index (κ1) is 27.4. The Kier molecular flexibility index (Phi) is 9.04. The molecule has 1 N–H and O–H groups in total. The number of nitrogens with one attached hydrogen (secondary N) is 1. The summed E-state index contributed by atoms with van der Waals surface area (Å²) >= 11 is 0. The first-order valence-corrected chi connectivity index (χ1v) is 13.8. The molecule has 0 aliphatic carbocycles. The van der Waals surface area contributed by atoms with Crippen LogP contribution >= 0.6 is 0 Å². The van der Waals surface area contributed by atoms with Gasteiger partial charge in [0, 0.05) is 6.54 Å². The lowest BCUT2D eigenvalue weighted by molar-refractivity contribution is 0.283. The Balaban J connectivity index is 1.38. The van der Waals surface area contributed by atoms with Gasteiger partial charge in [0.05, 0.1) is 20.3 Å². The van der Waals surface area contributed by atoms with Crippen molar-refractivity contribution in [3.05, 3.63) is 124 Å². The van der Waals surface area contributed by atoms with E-state index in [4.69, 9.17) is 18.9 Å². The molecule has 0 bridgehead atoms. The topological polar surface area (TPSA) is 49.0 Å². The first-order chi connectivity index (χ1) is 19.7. The number of rotatable bonds is 11. The highest BCUT2D eigenvalue weighted by molar-refractivity contribution is 5.62. The smallest absolute Gasteiger partial charge is 0.162 e. The predicted octanol–water partition coefficient (Wildman–Crippen LogP) is 7.32. The molecule has 1 heterocycles. The Hall–Kier alpha value is -4.22. The second kappa shape index (κ2) is 13.2. The van der Waals surface area contributed by atoms with E-state index < -0.39 is 0 Å². The van der Waals surface area contributed by atoms with E-state index in [9.17, 15) is 0 Å². The van der Waals surface area contributed by atoms with Crippen molar-refractivity contribution in [1.82, 2.24) is 5.32 Å². The zero-order chi connectivity index (χ0) is 27.7. The van der Waals surface area contributed by atoms with Gasteiger partial charge in [0.25, 0.3) is 0 Å². The highest BCUT2D eigenvalue weighted by Gasteiger charge is 2.21. The van der Waals surface area contributed by atoms with Crippen LogP contribution in [0.1, 0.15) is 46.3 Å². The van der Waals surface area contributed by atoms with Crippen LogP contribution in [0.25, 0.3) is 6.08 Å². The molecule has 0 saturated heterocycles. The van der Waals surface area contributed by atoms with Crippen molar-refractivity contribution in [2.75, 3.05) is 20.8 Å². The van der Waals surface area contributed by atoms with Crippen molar-refractivity contribution in [2.45, 2.75) is 39.0 Å². The predicted molar refractivity (Wildman–Crippen MR) is 160 cm³/mol. The van der Waals surface area contributed by atoms with Gasteiger partial charge in [0.1, 0.15) is 13.2 Å². The van der Waals surface area contributed by atoms with Gasteiger partial charge in [-0.15, -0.1) is 0 Å². The van der Waals surface area contributed by atoms with E-state index in [0.29, 0.717) is 13.2 Å². The number of fused-ring (bicyclic) bond motifs is 1. The summed E-state index contributed by atoms with van der Waals surface area (Å²) in [6.07, 6.45) is 6.24. The zero-order valence-corrected chi connectivity index (χ0v) is 23.5. The molecule has 1 aliphatic heterocycles. The summed E-state index contributed by atoms with van der Waals surface area (Å²) in [5.41, 5.74) is 7.05. The minimum absolute atomic E-state index is 0.0568. The molecule has 1 aliphatic rings. The van der Waals surface area contributed by atoms with E-state index in [0.717, 1.165) is 59.1 Å². The third-order valence-corrected chi connectivity index (χ3v) is 7.27. The number of hydrogen-bond acceptors (Lipinski definition) is 5. The number of benzene rings is 4. The summed E-state index contributed by atoms with van der Waals surface area (Å²) in [7, 11) is 3.38. The van der Waals surface area contributed by atoms with E-state index in [2.05, 4.69) is 72.9 Å². The van der Waals surface area contributed by atoms with Gasteiger partial charge in [-0.2, -0.15) is 0 Å². The van der Waals surface area contributed by atoms with Crippen LogP contribution in [-0.2, 0) is 26.1 Å². The monoisotopic (exact) mass is 535 g/mol. The van der Waals surface area contributed by atoms with E-state index in [-0.39, 0.29) is 6.04 Å². The SMILES string of the molecule is CCc1cc(OC)c(OCc2ccccc2)cc1/C=C/C1NCCc2cc(OCc3ccccc3)c(OC)cc21. The van der Waals surface area contributed by atoms with Gasteiger partial charge in [0.15, 0.2) is 23.0 Å². The fourth-order valence-corrected chi connectivity index (χ4v) is 5.06. The number of aryl methyl sites for hydroxylation is 1. The largest absolute Gasteiger partial charge is 0.493 e. The normalized spacial score (nSPS) is 14.5. The van der Waals surface area contributed by atoms with E-state index >= 15 is 0 Å². The van der Waals surface area contributed by atoms with E-state index in [1.54, 1.807) is 14.2 Å². The molecule has 40 heavy (non-hydrogen) atoms. The van der Waals surface area contributed by atoms with Gasteiger partial charge in [-0.3, -0.25) is 0 Å². The third-order valence-electron chi connectivity index (χ3n) is 7.27. The van der Waals surface area contributed by atoms with Crippen molar-refractivity contribution in [3.8, 4) is 23.0 Å². The van der Waals surface area contributed by atoms with Gasteiger partial charge in [0.2, 0.25) is 0 Å². The van der Waals surface area contributed by atoms with E-state index in [1.165, 1.54) is 16.7 Å². The van der Waals surface area contributed by atoms with Crippen LogP contribution in [0.4, 0.5) is 0 Å². The molecule has 0 radical (unpaired) electrons. The molecule has 5 heteroatoms. The standard InChI is InChI=1S/C35H37NO4/c1-4-27-19-32(37-2)34(39-23-25-11-7-5-8-12-25)20-28(27)15-16-31-30-22-33(38-3)35(21-29(30)17-18-36-31)40-24-26-13-9-6-10-14-26/h5-16,19-22,31,36H,4,17-18,23-24H2,1-3H3/b16-15+. The van der Waals surface area contributed by atoms with Crippen LogP contribution in [0, 0.1) is 0 Å². The van der Waals surface area contributed by atoms with Crippen LogP contribution in [0.2, 0.25) is 0 Å². The van der Waals surface area contributed by atoms with Gasteiger partial charge >= 0.3 is 0 Å². The Bertz CT molecular complexity index is 1430. The minimum Gasteiger partial charge on any atom is -0.493 e. The Morgan fingerprint density at radius 1 is 0.750 bits per heavy atom. The Labute approximate surface area is 237 Å². The van der Waals surface area contributed by atoms with Crippen LogP contribution in [-0.4, -0.2) is 20.8 Å². The molecule has 0 saturated carbocycles. The number of methoxy groups -OCH3 is 2. The Morgan fingerprint density at radius 3 is 1.95 bits per heavy atom. The molecule has 5 nitrogen and oxygen atoms in total. The highest BCUT2D eigenvalue weighted by atomic mass is 16.5. The van der Waals surface area contributed by atoms with Gasteiger partial charge < -0.3 is 24.3 Å². The van der Waals surface area contributed by atoms with Crippen LogP contribution < -0.4 is 24.3 Å². The van der Waals surface area contributed by atoms with E-state index in [1.807, 2.05) is 36.4 Å². The van der Waals surface area contributed by atoms with Crippen molar-refractivity contribution in [2.24, 2.45) is 0 Å². The molecular weight excluding hydrogens is 498 g/mol. The Morgan fingerprint density at radius 2 is 1.35 bits per heavy atom. The summed E-state index contributed by atoms with van der Waals surface area (Å²) in [6.45, 7) is 4.04. The second-order valence-electron chi connectivity index (χ2n) is 9.85. The average Bonchev–Trinajstić information content (AvgIpc) is 3.02. The maximum Gasteiger partial charge on any atom is 0.162 e. The fraction of sp³-hybridized carbons (Fsp3) is 0.257. The molecule has 0 spiro atoms. The molecule has 4 aromatic carbocycles. The summed E-state index contributed by atoms with van der Waals surface area (Å²) in [6, 6.07) is 28.8. The van der Waals surface area contributed by atoms with Crippen molar-refractivity contribution >= 4 is 6.08 Å². The lowest BCUT2D eigenvalue weighted by atomic mass is 9.92. The van der Waals surface area contributed by atoms with Crippen molar-refractivity contribution < 1.29 is 18.9 Å². The molecule has 4 aromatic rings. The average molecular weight is 536 g/mol. The maximum atomic E-state index is 6.20. The van der Waals surface area contributed by atoms with Gasteiger partial charge in [-0.1, -0.05) is 79.7 Å². The molecular formula is C35H37NO4. The van der Waals surface area contributed by atoms with Crippen LogP contribution in [0.15, 0.2) is 91.0 Å². The molecule has 0 fully saturated rings. The molecule has 5 rings (SSSR count). The second-order valence-corrected chi connectivity index (χ2v) is 9.85. The maximum absolute atomic E-state index is 6.20. The number of ether oxygens (including phenoxy) is 4. The molecule has 0 aromatic heterocycles. The molecule has 1 unspecified atom stereocenters. The van der Waals surface area contributed by atoms with Gasteiger partial charge in [-0.05, 0) is 70.5 Å². The van der Waals surface area contributed by atoms with Crippen molar-refractivity contribution in [1.29, 1.82) is 0 Å². The summed E-state index contributed by atoms with van der Waals surface area (Å²) in [5, 5.41) is 3.66. The molecule has 1 atom stereocenters. The summed E-state index contributed by atoms with van der Waals surface area (Å²) < 4.78 is 23.8. The lowest BCUT2D eigenvalue weighted by Gasteiger charge is -2.26.